The Bertz CT molecular complexity index is 680. The number of halogens is 1. The molecule has 0 saturated carbocycles. The number of rotatable bonds is 2. The van der Waals surface area contributed by atoms with Crippen LogP contribution in [0.15, 0.2) is 30.3 Å². The first-order valence-corrected chi connectivity index (χ1v) is 6.70. The summed E-state index contributed by atoms with van der Waals surface area (Å²) < 4.78 is 0. The molecule has 1 amide bonds. The molecule has 2 aromatic rings. The van der Waals surface area contributed by atoms with Crippen molar-refractivity contribution in [3.63, 3.8) is 0 Å². The summed E-state index contributed by atoms with van der Waals surface area (Å²) >= 11 is 6.03. The number of carbonyl (C=O) groups excluding carboxylic acids is 1. The molecule has 3 nitrogen and oxygen atoms in total. The summed E-state index contributed by atoms with van der Waals surface area (Å²) in [7, 11) is 0. The van der Waals surface area contributed by atoms with Gasteiger partial charge in [0, 0.05) is 10.6 Å². The quantitative estimate of drug-likeness (QED) is 0.818. The van der Waals surface area contributed by atoms with E-state index in [-0.39, 0.29) is 5.91 Å². The van der Waals surface area contributed by atoms with Crippen molar-refractivity contribution in [1.29, 1.82) is 0 Å². The van der Waals surface area contributed by atoms with Gasteiger partial charge < -0.3 is 11.1 Å². The predicted octanol–water partition coefficient (Wildman–Crippen LogP) is 4.10. The van der Waals surface area contributed by atoms with Gasteiger partial charge in [0.2, 0.25) is 0 Å². The van der Waals surface area contributed by atoms with Gasteiger partial charge in [-0.3, -0.25) is 4.79 Å². The molecule has 0 aliphatic rings. The Kier molecular flexibility index (Phi) is 4.00. The fraction of sp³-hybridized carbons (Fsp3) is 0.188. The topological polar surface area (TPSA) is 55.1 Å². The Morgan fingerprint density at radius 2 is 1.70 bits per heavy atom. The first-order valence-electron chi connectivity index (χ1n) is 6.32. The van der Waals surface area contributed by atoms with Crippen molar-refractivity contribution in [2.45, 2.75) is 20.8 Å². The lowest BCUT2D eigenvalue weighted by atomic mass is 10.1. The number of benzene rings is 2. The highest BCUT2D eigenvalue weighted by Gasteiger charge is 2.10. The number of nitrogens with one attached hydrogen (secondary N) is 1. The zero-order chi connectivity index (χ0) is 14.9. The van der Waals surface area contributed by atoms with Crippen LogP contribution in [0, 0.1) is 20.8 Å². The molecule has 2 aromatic carbocycles. The molecule has 0 fully saturated rings. The Morgan fingerprint density at radius 3 is 2.35 bits per heavy atom. The normalized spacial score (nSPS) is 10.4. The van der Waals surface area contributed by atoms with Gasteiger partial charge in [0.15, 0.2) is 0 Å². The van der Waals surface area contributed by atoms with E-state index >= 15 is 0 Å². The molecular weight excluding hydrogens is 272 g/mol. The van der Waals surface area contributed by atoms with Crippen molar-refractivity contribution in [3.8, 4) is 0 Å². The molecule has 0 radical (unpaired) electrons. The number of nitrogen functional groups attached to an aromatic ring is 1. The molecule has 0 atom stereocenters. The molecule has 0 heterocycles. The van der Waals surface area contributed by atoms with Gasteiger partial charge in [0.05, 0.1) is 11.4 Å². The third-order valence-corrected chi connectivity index (χ3v) is 3.76. The van der Waals surface area contributed by atoms with Crippen LogP contribution >= 0.6 is 11.6 Å². The third-order valence-electron chi connectivity index (χ3n) is 3.35. The Balaban J connectivity index is 2.27. The molecule has 0 unspecified atom stereocenters. The summed E-state index contributed by atoms with van der Waals surface area (Å²) in [5, 5.41) is 3.39. The number of nitrogens with two attached hydrogens (primary N) is 1. The van der Waals surface area contributed by atoms with Crippen LogP contribution in [0.3, 0.4) is 0 Å². The molecule has 0 aliphatic carbocycles. The largest absolute Gasteiger partial charge is 0.397 e. The van der Waals surface area contributed by atoms with E-state index in [0.29, 0.717) is 22.0 Å². The second-order valence-electron chi connectivity index (χ2n) is 4.94. The second-order valence-corrected chi connectivity index (χ2v) is 5.35. The first kappa shape index (κ1) is 14.4. The number of anilines is 2. The van der Waals surface area contributed by atoms with Crippen molar-refractivity contribution in [3.05, 3.63) is 57.6 Å². The number of amides is 1. The van der Waals surface area contributed by atoms with Gasteiger partial charge in [-0.05, 0) is 61.7 Å². The van der Waals surface area contributed by atoms with Crippen molar-refractivity contribution < 1.29 is 4.79 Å². The summed E-state index contributed by atoms with van der Waals surface area (Å²) in [5.74, 6) is -0.221. The molecule has 20 heavy (non-hydrogen) atoms. The molecule has 3 N–H and O–H groups in total. The highest BCUT2D eigenvalue weighted by molar-refractivity contribution is 6.31. The Hall–Kier alpha value is -2.00. The van der Waals surface area contributed by atoms with Gasteiger partial charge in [0.25, 0.3) is 5.91 Å². The third kappa shape index (κ3) is 2.94. The van der Waals surface area contributed by atoms with Gasteiger partial charge in [-0.25, -0.2) is 0 Å². The van der Waals surface area contributed by atoms with Crippen LogP contribution in [-0.2, 0) is 0 Å². The molecule has 0 saturated heterocycles. The highest BCUT2D eigenvalue weighted by Crippen LogP contribution is 2.24. The number of carbonyl (C=O) groups is 1. The van der Waals surface area contributed by atoms with Crippen LogP contribution in [0.4, 0.5) is 11.4 Å². The molecule has 2 rings (SSSR count). The maximum Gasteiger partial charge on any atom is 0.255 e. The molecule has 4 heteroatoms. The van der Waals surface area contributed by atoms with Gasteiger partial charge in [0.1, 0.15) is 0 Å². The summed E-state index contributed by atoms with van der Waals surface area (Å²) in [5.41, 5.74) is 10.7. The van der Waals surface area contributed by atoms with Crippen molar-refractivity contribution in [1.82, 2.24) is 0 Å². The van der Waals surface area contributed by atoms with Gasteiger partial charge in [-0.1, -0.05) is 17.7 Å². The fourth-order valence-electron chi connectivity index (χ4n) is 1.88. The van der Waals surface area contributed by atoms with Crippen LogP contribution in [0.2, 0.25) is 5.02 Å². The lowest BCUT2D eigenvalue weighted by Gasteiger charge is -2.11. The van der Waals surface area contributed by atoms with Gasteiger partial charge in [-0.15, -0.1) is 0 Å². The second kappa shape index (κ2) is 5.55. The maximum atomic E-state index is 12.2. The van der Waals surface area contributed by atoms with E-state index in [1.54, 1.807) is 12.1 Å². The van der Waals surface area contributed by atoms with Crippen molar-refractivity contribution in [2.24, 2.45) is 0 Å². The number of aryl methyl sites for hydroxylation is 3. The zero-order valence-corrected chi connectivity index (χ0v) is 12.5. The maximum absolute atomic E-state index is 12.2. The van der Waals surface area contributed by atoms with E-state index in [4.69, 9.17) is 17.3 Å². The minimum Gasteiger partial charge on any atom is -0.397 e. The average molecular weight is 289 g/mol. The average Bonchev–Trinajstić information content (AvgIpc) is 2.39. The van der Waals surface area contributed by atoms with Crippen LogP contribution in [0.1, 0.15) is 27.0 Å². The van der Waals surface area contributed by atoms with E-state index in [0.717, 1.165) is 16.7 Å². The summed E-state index contributed by atoms with van der Waals surface area (Å²) in [6, 6.07) is 8.95. The van der Waals surface area contributed by atoms with E-state index in [1.807, 2.05) is 39.0 Å². The number of hydrogen-bond acceptors (Lipinski definition) is 2. The van der Waals surface area contributed by atoms with E-state index in [2.05, 4.69) is 5.32 Å². The highest BCUT2D eigenvalue weighted by atomic mass is 35.5. The van der Waals surface area contributed by atoms with Crippen molar-refractivity contribution in [2.75, 3.05) is 11.1 Å². The standard InChI is InChI=1S/C16H17ClN2O/c1-9-4-5-12(8-13(9)17)16(20)19-15-7-11(3)10(2)6-14(15)18/h4-8H,18H2,1-3H3,(H,19,20). The molecule has 0 aromatic heterocycles. The van der Waals surface area contributed by atoms with Crippen LogP contribution in [-0.4, -0.2) is 5.91 Å². The van der Waals surface area contributed by atoms with E-state index < -0.39 is 0 Å². The van der Waals surface area contributed by atoms with E-state index in [9.17, 15) is 4.79 Å². The SMILES string of the molecule is Cc1cc(N)c(NC(=O)c2ccc(C)c(Cl)c2)cc1C. The Labute approximate surface area is 123 Å². The zero-order valence-electron chi connectivity index (χ0n) is 11.8. The minimum absolute atomic E-state index is 0.221. The Morgan fingerprint density at radius 1 is 1.05 bits per heavy atom. The molecule has 104 valence electrons. The first-order chi connectivity index (χ1) is 9.38. The summed E-state index contributed by atoms with van der Waals surface area (Å²) in [6.07, 6.45) is 0. The van der Waals surface area contributed by atoms with Gasteiger partial charge in [-0.2, -0.15) is 0 Å². The lowest BCUT2D eigenvalue weighted by Crippen LogP contribution is -2.13. The summed E-state index contributed by atoms with van der Waals surface area (Å²) in [4.78, 5) is 12.2. The minimum atomic E-state index is -0.221. The summed E-state index contributed by atoms with van der Waals surface area (Å²) in [6.45, 7) is 5.86. The van der Waals surface area contributed by atoms with Gasteiger partial charge >= 0.3 is 0 Å². The molecule has 0 aliphatic heterocycles. The van der Waals surface area contributed by atoms with E-state index in [1.165, 1.54) is 0 Å². The molecule has 0 bridgehead atoms. The lowest BCUT2D eigenvalue weighted by molar-refractivity contribution is 0.102. The molecular formula is C16H17ClN2O. The fourth-order valence-corrected chi connectivity index (χ4v) is 2.06. The van der Waals surface area contributed by atoms with Crippen LogP contribution in [0.5, 0.6) is 0 Å². The predicted molar refractivity (Wildman–Crippen MR) is 84.5 cm³/mol. The monoisotopic (exact) mass is 288 g/mol. The number of hydrogen-bond donors (Lipinski definition) is 2. The van der Waals surface area contributed by atoms with Crippen LogP contribution < -0.4 is 11.1 Å². The smallest absolute Gasteiger partial charge is 0.255 e. The van der Waals surface area contributed by atoms with Crippen molar-refractivity contribution >= 4 is 28.9 Å². The van der Waals surface area contributed by atoms with Crippen LogP contribution in [0.25, 0.3) is 0 Å². The molecule has 0 spiro atoms.